The first-order valence-corrected chi connectivity index (χ1v) is 11.1. The molecule has 0 heterocycles. The number of carbonyl (C=O) groups is 3. The van der Waals surface area contributed by atoms with Gasteiger partial charge in [0.05, 0.1) is 12.5 Å². The van der Waals surface area contributed by atoms with Gasteiger partial charge in [-0.25, -0.2) is 9.59 Å². The van der Waals surface area contributed by atoms with Gasteiger partial charge >= 0.3 is 12.1 Å². The van der Waals surface area contributed by atoms with Crippen molar-refractivity contribution in [1.82, 2.24) is 10.6 Å². The van der Waals surface area contributed by atoms with Crippen LogP contribution in [0.5, 0.6) is 0 Å². The van der Waals surface area contributed by atoms with Crippen LogP contribution in [0.1, 0.15) is 29.9 Å². The third-order valence-corrected chi connectivity index (χ3v) is 5.81. The molecule has 2 amide bonds. The maximum absolute atomic E-state index is 12.3. The standard InChI is InChI=1S/C25H30N2O7/c1-32-12-11-22(24(29)30)27-23(28)13-16(33-2)14-26-25(31)34-15-21-19-9-5-3-7-17(19)18-8-4-6-10-20(18)21/h3-10,16,21-22H,11-15H2,1-2H3,(H,26,31)(H,27,28)(H,29,30). The quantitative estimate of drug-likeness (QED) is 0.436. The van der Waals surface area contributed by atoms with Crippen LogP contribution in [0, 0.1) is 0 Å². The highest BCUT2D eigenvalue weighted by atomic mass is 16.5. The second-order valence-electron chi connectivity index (χ2n) is 8.01. The number of alkyl carbamates (subject to hydrolysis) is 1. The van der Waals surface area contributed by atoms with E-state index in [1.807, 2.05) is 36.4 Å². The van der Waals surface area contributed by atoms with Gasteiger partial charge in [-0.2, -0.15) is 0 Å². The Labute approximate surface area is 198 Å². The van der Waals surface area contributed by atoms with Gasteiger partial charge in [-0.05, 0) is 22.3 Å². The molecule has 0 saturated heterocycles. The Morgan fingerprint density at radius 2 is 1.62 bits per heavy atom. The van der Waals surface area contributed by atoms with Crippen LogP contribution in [-0.4, -0.2) is 69.2 Å². The summed E-state index contributed by atoms with van der Waals surface area (Å²) in [5.41, 5.74) is 4.51. The number of rotatable bonds is 12. The van der Waals surface area contributed by atoms with E-state index in [9.17, 15) is 19.5 Å². The smallest absolute Gasteiger partial charge is 0.407 e. The second kappa shape index (κ2) is 12.2. The van der Waals surface area contributed by atoms with Gasteiger partial charge in [0.25, 0.3) is 0 Å². The number of hydrogen-bond acceptors (Lipinski definition) is 6. The number of carboxylic acids is 1. The van der Waals surface area contributed by atoms with E-state index >= 15 is 0 Å². The number of ether oxygens (including phenoxy) is 3. The predicted molar refractivity (Wildman–Crippen MR) is 125 cm³/mol. The molecule has 0 aromatic heterocycles. The number of benzene rings is 2. The maximum atomic E-state index is 12.3. The number of methoxy groups -OCH3 is 2. The molecule has 0 fully saturated rings. The maximum Gasteiger partial charge on any atom is 0.407 e. The highest BCUT2D eigenvalue weighted by Crippen LogP contribution is 2.44. The second-order valence-corrected chi connectivity index (χ2v) is 8.01. The van der Waals surface area contributed by atoms with Crippen molar-refractivity contribution in [1.29, 1.82) is 0 Å². The number of nitrogens with one attached hydrogen (secondary N) is 2. The minimum atomic E-state index is -1.14. The van der Waals surface area contributed by atoms with Crippen molar-refractivity contribution in [2.45, 2.75) is 30.9 Å². The van der Waals surface area contributed by atoms with Crippen LogP contribution < -0.4 is 10.6 Å². The van der Waals surface area contributed by atoms with E-state index in [1.54, 1.807) is 0 Å². The summed E-state index contributed by atoms with van der Waals surface area (Å²) in [5.74, 6) is -1.69. The molecule has 0 saturated carbocycles. The first-order valence-electron chi connectivity index (χ1n) is 11.1. The lowest BCUT2D eigenvalue weighted by molar-refractivity contribution is -0.142. The lowest BCUT2D eigenvalue weighted by Crippen LogP contribution is -2.44. The molecule has 2 unspecified atom stereocenters. The van der Waals surface area contributed by atoms with E-state index in [-0.39, 0.29) is 38.5 Å². The lowest BCUT2D eigenvalue weighted by atomic mass is 9.98. The van der Waals surface area contributed by atoms with Gasteiger partial charge in [0.1, 0.15) is 12.6 Å². The SMILES string of the molecule is COCCC(NC(=O)CC(CNC(=O)OCC1c2ccccc2-c2ccccc21)OC)C(=O)O. The van der Waals surface area contributed by atoms with E-state index in [2.05, 4.69) is 22.8 Å². The molecule has 0 spiro atoms. The van der Waals surface area contributed by atoms with E-state index in [4.69, 9.17) is 14.2 Å². The molecule has 9 nitrogen and oxygen atoms in total. The fourth-order valence-corrected chi connectivity index (χ4v) is 4.04. The molecule has 3 rings (SSSR count). The third kappa shape index (κ3) is 6.33. The number of fused-ring (bicyclic) bond motifs is 3. The minimum absolute atomic E-state index is 0.0381. The predicted octanol–water partition coefficient (Wildman–Crippen LogP) is 2.54. The van der Waals surface area contributed by atoms with Gasteiger partial charge < -0.3 is 30.0 Å². The molecule has 0 radical (unpaired) electrons. The summed E-state index contributed by atoms with van der Waals surface area (Å²) in [6.45, 7) is 0.419. The van der Waals surface area contributed by atoms with E-state index in [0.29, 0.717) is 0 Å². The van der Waals surface area contributed by atoms with Crippen molar-refractivity contribution < 1.29 is 33.7 Å². The fourth-order valence-electron chi connectivity index (χ4n) is 4.04. The van der Waals surface area contributed by atoms with Crippen LogP contribution in [0.25, 0.3) is 11.1 Å². The van der Waals surface area contributed by atoms with Crippen LogP contribution >= 0.6 is 0 Å². The van der Waals surface area contributed by atoms with Crippen LogP contribution in [0.15, 0.2) is 48.5 Å². The Morgan fingerprint density at radius 3 is 2.18 bits per heavy atom. The van der Waals surface area contributed by atoms with Crippen molar-refractivity contribution >= 4 is 18.0 Å². The highest BCUT2D eigenvalue weighted by Gasteiger charge is 2.29. The van der Waals surface area contributed by atoms with E-state index < -0.39 is 30.1 Å². The summed E-state index contributed by atoms with van der Waals surface area (Å²) in [7, 11) is 2.87. The minimum Gasteiger partial charge on any atom is -0.480 e. The average molecular weight is 471 g/mol. The fraction of sp³-hybridized carbons (Fsp3) is 0.400. The van der Waals surface area contributed by atoms with E-state index in [1.165, 1.54) is 14.2 Å². The average Bonchev–Trinajstić information content (AvgIpc) is 3.16. The van der Waals surface area contributed by atoms with Gasteiger partial charge in [-0.15, -0.1) is 0 Å². The molecule has 3 N–H and O–H groups in total. The molecule has 0 aliphatic heterocycles. The van der Waals surface area contributed by atoms with Crippen LogP contribution in [0.3, 0.4) is 0 Å². The topological polar surface area (TPSA) is 123 Å². The molecule has 2 aromatic carbocycles. The van der Waals surface area contributed by atoms with Crippen molar-refractivity contribution in [3.63, 3.8) is 0 Å². The molecule has 0 bridgehead atoms. The molecule has 2 atom stereocenters. The summed E-state index contributed by atoms with van der Waals surface area (Å²) < 4.78 is 15.6. The third-order valence-electron chi connectivity index (χ3n) is 5.81. The van der Waals surface area contributed by atoms with Gasteiger partial charge in [0.15, 0.2) is 0 Å². The Balaban J connectivity index is 1.49. The van der Waals surface area contributed by atoms with Crippen LogP contribution in [0.2, 0.25) is 0 Å². The van der Waals surface area contributed by atoms with Gasteiger partial charge in [-0.3, -0.25) is 4.79 Å². The van der Waals surface area contributed by atoms with E-state index in [0.717, 1.165) is 22.3 Å². The number of carboxylic acid groups (broad SMARTS) is 1. The number of aliphatic carboxylic acids is 1. The monoisotopic (exact) mass is 470 g/mol. The molecule has 1 aliphatic carbocycles. The Hall–Kier alpha value is -3.43. The van der Waals surface area contributed by atoms with Crippen LogP contribution in [0.4, 0.5) is 4.79 Å². The van der Waals surface area contributed by atoms with Crippen molar-refractivity contribution in [3.8, 4) is 11.1 Å². The summed E-state index contributed by atoms with van der Waals surface area (Å²) in [6.07, 6.45) is -1.23. The largest absolute Gasteiger partial charge is 0.480 e. The molecular formula is C25H30N2O7. The zero-order valence-electron chi connectivity index (χ0n) is 19.3. The van der Waals surface area contributed by atoms with Crippen LogP contribution in [-0.2, 0) is 23.8 Å². The summed E-state index contributed by atoms with van der Waals surface area (Å²) in [6, 6.07) is 15.1. The molecule has 2 aromatic rings. The Kier molecular flexibility index (Phi) is 9.00. The summed E-state index contributed by atoms with van der Waals surface area (Å²) in [5, 5.41) is 14.3. The molecule has 1 aliphatic rings. The van der Waals surface area contributed by atoms with Crippen molar-refractivity contribution in [3.05, 3.63) is 59.7 Å². The zero-order valence-corrected chi connectivity index (χ0v) is 19.3. The Morgan fingerprint density at radius 1 is 1.00 bits per heavy atom. The normalized spacial score (nSPS) is 13.9. The number of amides is 2. The van der Waals surface area contributed by atoms with Crippen molar-refractivity contribution in [2.75, 3.05) is 34.0 Å². The molecule has 182 valence electrons. The Bertz CT molecular complexity index is 965. The van der Waals surface area contributed by atoms with Gasteiger partial charge in [0.2, 0.25) is 5.91 Å². The molecule has 34 heavy (non-hydrogen) atoms. The molecule has 9 heteroatoms. The van der Waals surface area contributed by atoms with Gasteiger partial charge in [-0.1, -0.05) is 48.5 Å². The summed E-state index contributed by atoms with van der Waals surface area (Å²) in [4.78, 5) is 35.8. The number of carbonyl (C=O) groups excluding carboxylic acids is 2. The van der Waals surface area contributed by atoms with Crippen molar-refractivity contribution in [2.24, 2.45) is 0 Å². The first kappa shape index (κ1) is 25.2. The highest BCUT2D eigenvalue weighted by molar-refractivity contribution is 5.84. The molecular weight excluding hydrogens is 440 g/mol. The first-order chi connectivity index (χ1) is 16.4. The summed E-state index contributed by atoms with van der Waals surface area (Å²) >= 11 is 0. The lowest BCUT2D eigenvalue weighted by Gasteiger charge is -2.19. The zero-order chi connectivity index (χ0) is 24.5. The van der Waals surface area contributed by atoms with Gasteiger partial charge in [0, 0.05) is 39.7 Å². The number of hydrogen-bond donors (Lipinski definition) is 3.